The Hall–Kier alpha value is -1.75. The number of allylic oxidation sites excluding steroid dienone is 3. The normalized spacial score (nSPS) is 48.8. The number of carbonyl (C=O) groups is 3. The first-order valence-electron chi connectivity index (χ1n) is 8.60. The zero-order chi connectivity index (χ0) is 17.4. The number of hydrogen-bond donors (Lipinski definition) is 1. The van der Waals surface area contributed by atoms with E-state index in [-0.39, 0.29) is 23.4 Å². The standard InChI is InChI=1S/C19H22O5/c1-8-4-5-9(2)19(18(23)24-3)15(8)16(21)13-10-6-11(12(20)7-10)14(13)17(19)22/h4-6,8-10,12-15,20H,7H2,1-3H3/t8-,9+,10-,12-,13?,14?,15-,19-/m0/s1. The van der Waals surface area contributed by atoms with Gasteiger partial charge in [-0.2, -0.15) is 0 Å². The van der Waals surface area contributed by atoms with E-state index >= 15 is 0 Å². The Morgan fingerprint density at radius 1 is 1.29 bits per heavy atom. The van der Waals surface area contributed by atoms with E-state index in [0.717, 1.165) is 0 Å². The van der Waals surface area contributed by atoms with Crippen LogP contribution in [0.2, 0.25) is 0 Å². The van der Waals surface area contributed by atoms with Crippen molar-refractivity contribution in [3.63, 3.8) is 0 Å². The molecule has 4 rings (SSSR count). The summed E-state index contributed by atoms with van der Waals surface area (Å²) in [6.45, 7) is 3.69. The molecule has 2 unspecified atom stereocenters. The summed E-state index contributed by atoms with van der Waals surface area (Å²) < 4.78 is 5.01. The molecule has 24 heavy (non-hydrogen) atoms. The van der Waals surface area contributed by atoms with Crippen molar-refractivity contribution in [3.05, 3.63) is 23.8 Å². The minimum atomic E-state index is -1.47. The van der Waals surface area contributed by atoms with Crippen LogP contribution >= 0.6 is 0 Å². The lowest BCUT2D eigenvalue weighted by Gasteiger charge is -2.52. The Morgan fingerprint density at radius 2 is 2.00 bits per heavy atom. The fraction of sp³-hybridized carbons (Fsp3) is 0.632. The topological polar surface area (TPSA) is 80.7 Å². The number of aliphatic hydroxyl groups excluding tert-OH is 1. The predicted molar refractivity (Wildman–Crippen MR) is 84.6 cm³/mol. The maximum Gasteiger partial charge on any atom is 0.320 e. The van der Waals surface area contributed by atoms with Crippen molar-refractivity contribution in [3.8, 4) is 0 Å². The molecule has 0 aromatic heterocycles. The molecule has 0 aliphatic heterocycles. The first-order valence-corrected chi connectivity index (χ1v) is 8.60. The molecule has 0 amide bonds. The molecule has 5 nitrogen and oxygen atoms in total. The van der Waals surface area contributed by atoms with E-state index in [4.69, 9.17) is 4.74 Å². The van der Waals surface area contributed by atoms with Crippen molar-refractivity contribution >= 4 is 17.5 Å². The monoisotopic (exact) mass is 330 g/mol. The van der Waals surface area contributed by atoms with Gasteiger partial charge in [-0.15, -0.1) is 0 Å². The van der Waals surface area contributed by atoms with Gasteiger partial charge >= 0.3 is 5.97 Å². The second kappa shape index (κ2) is 4.88. The average Bonchev–Trinajstić information content (AvgIpc) is 3.11. The van der Waals surface area contributed by atoms with Crippen molar-refractivity contribution in [1.29, 1.82) is 0 Å². The van der Waals surface area contributed by atoms with Gasteiger partial charge in [-0.3, -0.25) is 14.4 Å². The molecule has 4 aliphatic carbocycles. The lowest BCUT2D eigenvalue weighted by Crippen LogP contribution is -2.65. The fourth-order valence-electron chi connectivity index (χ4n) is 5.74. The molecule has 0 heterocycles. The summed E-state index contributed by atoms with van der Waals surface area (Å²) in [6, 6.07) is 0. The van der Waals surface area contributed by atoms with Gasteiger partial charge in [0.25, 0.3) is 0 Å². The van der Waals surface area contributed by atoms with Gasteiger partial charge < -0.3 is 9.84 Å². The SMILES string of the molecule is COC(=O)[C@]12C(=O)C3C4=C[C@@H](C[C@@H]4O)C3C(=O)[C@@H]1[C@@H](C)C=C[C@H]2C. The van der Waals surface area contributed by atoms with Gasteiger partial charge in [0, 0.05) is 11.8 Å². The van der Waals surface area contributed by atoms with Crippen molar-refractivity contribution < 1.29 is 24.2 Å². The van der Waals surface area contributed by atoms with Crippen molar-refractivity contribution in [1.82, 2.24) is 0 Å². The van der Waals surface area contributed by atoms with Crippen molar-refractivity contribution in [2.45, 2.75) is 26.4 Å². The Labute approximate surface area is 140 Å². The van der Waals surface area contributed by atoms with Crippen LogP contribution in [0.5, 0.6) is 0 Å². The van der Waals surface area contributed by atoms with Gasteiger partial charge in [-0.25, -0.2) is 0 Å². The summed E-state index contributed by atoms with van der Waals surface area (Å²) in [5.74, 6) is -3.30. The van der Waals surface area contributed by atoms with Crippen molar-refractivity contribution in [2.75, 3.05) is 7.11 Å². The maximum absolute atomic E-state index is 13.6. The summed E-state index contributed by atoms with van der Waals surface area (Å²) in [7, 11) is 1.27. The van der Waals surface area contributed by atoms with Crippen LogP contribution in [-0.2, 0) is 19.1 Å². The van der Waals surface area contributed by atoms with Gasteiger partial charge in [-0.1, -0.05) is 32.1 Å². The van der Waals surface area contributed by atoms with E-state index < -0.39 is 41.2 Å². The van der Waals surface area contributed by atoms with Crippen LogP contribution in [0.1, 0.15) is 20.3 Å². The molecule has 8 atom stereocenters. The van der Waals surface area contributed by atoms with Crippen LogP contribution in [-0.4, -0.2) is 35.9 Å². The minimum absolute atomic E-state index is 0.0168. The first-order chi connectivity index (χ1) is 11.4. The number of rotatable bonds is 1. The molecule has 2 bridgehead atoms. The molecule has 5 heteroatoms. The molecule has 0 radical (unpaired) electrons. The van der Waals surface area contributed by atoms with E-state index in [9.17, 15) is 19.5 Å². The number of Topliss-reactive ketones (excluding diaryl/α,β-unsaturated/α-hetero) is 2. The Morgan fingerprint density at radius 3 is 2.67 bits per heavy atom. The molecular formula is C19H22O5. The highest BCUT2D eigenvalue weighted by atomic mass is 16.5. The third-order valence-corrected chi connectivity index (χ3v) is 6.75. The van der Waals surface area contributed by atoms with E-state index in [1.54, 1.807) is 6.92 Å². The van der Waals surface area contributed by atoms with E-state index in [0.29, 0.717) is 12.0 Å². The van der Waals surface area contributed by atoms with Gasteiger partial charge in [0.15, 0.2) is 5.78 Å². The van der Waals surface area contributed by atoms with E-state index in [2.05, 4.69) is 0 Å². The highest BCUT2D eigenvalue weighted by molar-refractivity contribution is 6.15. The molecule has 128 valence electrons. The van der Waals surface area contributed by atoms with Gasteiger partial charge in [0.05, 0.1) is 19.1 Å². The number of aliphatic hydroxyl groups is 1. The molecule has 4 aliphatic rings. The second-order valence-corrected chi connectivity index (χ2v) is 7.72. The van der Waals surface area contributed by atoms with Crippen molar-refractivity contribution in [2.24, 2.45) is 40.9 Å². The van der Waals surface area contributed by atoms with Gasteiger partial charge in [0.1, 0.15) is 11.2 Å². The third kappa shape index (κ3) is 1.56. The number of ketones is 2. The molecular weight excluding hydrogens is 308 g/mol. The average molecular weight is 330 g/mol. The third-order valence-electron chi connectivity index (χ3n) is 6.75. The molecule has 1 fully saturated rings. The lowest BCUT2D eigenvalue weighted by atomic mass is 9.47. The van der Waals surface area contributed by atoms with Gasteiger partial charge in [-0.05, 0) is 29.7 Å². The van der Waals surface area contributed by atoms with Crippen LogP contribution < -0.4 is 0 Å². The summed E-state index contributed by atoms with van der Waals surface area (Å²) >= 11 is 0. The summed E-state index contributed by atoms with van der Waals surface area (Å²) in [5, 5.41) is 10.2. The van der Waals surface area contributed by atoms with E-state index in [1.165, 1.54) is 7.11 Å². The predicted octanol–water partition coefficient (Wildman–Crippen LogP) is 1.31. The molecule has 0 aromatic rings. The number of hydrogen-bond acceptors (Lipinski definition) is 5. The van der Waals surface area contributed by atoms with E-state index in [1.807, 2.05) is 25.2 Å². The highest BCUT2D eigenvalue weighted by Gasteiger charge is 2.70. The zero-order valence-electron chi connectivity index (χ0n) is 14.1. The smallest absolute Gasteiger partial charge is 0.320 e. The van der Waals surface area contributed by atoms with Crippen LogP contribution in [0.4, 0.5) is 0 Å². The fourth-order valence-corrected chi connectivity index (χ4v) is 5.74. The number of esters is 1. The molecule has 0 saturated heterocycles. The lowest BCUT2D eigenvalue weighted by molar-refractivity contribution is -0.179. The van der Waals surface area contributed by atoms with Gasteiger partial charge in [0.2, 0.25) is 0 Å². The van der Waals surface area contributed by atoms with Crippen LogP contribution in [0.25, 0.3) is 0 Å². The maximum atomic E-state index is 13.6. The molecule has 0 spiro atoms. The number of fused-ring (bicyclic) bond motifs is 5. The first kappa shape index (κ1) is 15.8. The van der Waals surface area contributed by atoms with Crippen LogP contribution in [0, 0.1) is 40.9 Å². The largest absolute Gasteiger partial charge is 0.468 e. The number of methoxy groups -OCH3 is 1. The molecule has 0 aromatic carbocycles. The highest BCUT2D eigenvalue weighted by Crippen LogP contribution is 2.60. The summed E-state index contributed by atoms with van der Waals surface area (Å²) in [6.07, 6.45) is 5.50. The second-order valence-electron chi connectivity index (χ2n) is 7.72. The molecule has 1 N–H and O–H groups in total. The number of ether oxygens (including phenoxy) is 1. The Kier molecular flexibility index (Phi) is 3.21. The van der Waals surface area contributed by atoms with Crippen LogP contribution in [0.15, 0.2) is 23.8 Å². The van der Waals surface area contributed by atoms with Crippen LogP contribution in [0.3, 0.4) is 0 Å². The minimum Gasteiger partial charge on any atom is -0.468 e. The summed E-state index contributed by atoms with van der Waals surface area (Å²) in [4.78, 5) is 39.7. The summed E-state index contributed by atoms with van der Waals surface area (Å²) in [5.41, 5.74) is -0.828. The quantitative estimate of drug-likeness (QED) is 0.445. The number of carbonyl (C=O) groups excluding carboxylic acids is 3. The Bertz CT molecular complexity index is 705. The molecule has 1 saturated carbocycles. The zero-order valence-corrected chi connectivity index (χ0v) is 14.1. The Balaban J connectivity index is 1.92.